The Bertz CT molecular complexity index is 639. The maximum Gasteiger partial charge on any atom is 0.305 e. The number of H-pyrrole nitrogens is 1. The van der Waals surface area contributed by atoms with Gasteiger partial charge in [0, 0.05) is 18.9 Å². The van der Waals surface area contributed by atoms with Crippen LogP contribution in [0.25, 0.3) is 0 Å². The summed E-state index contributed by atoms with van der Waals surface area (Å²) < 4.78 is 0. The Morgan fingerprint density at radius 3 is 2.90 bits per heavy atom. The number of nitro groups is 1. The maximum atomic E-state index is 12.2. The number of nitro benzene ring substituents is 1. The maximum absolute atomic E-state index is 12.2. The third kappa shape index (κ3) is 3.35. The van der Waals surface area contributed by atoms with E-state index in [2.05, 4.69) is 20.6 Å². The summed E-state index contributed by atoms with van der Waals surface area (Å²) >= 11 is 0. The fraction of sp³-hybridized carbons (Fsp3) is 0.231. The molecule has 8 nitrogen and oxygen atoms in total. The number of nitrogens with zero attached hydrogens (tertiary/aromatic N) is 2. The second-order valence-corrected chi connectivity index (χ2v) is 4.28. The van der Waals surface area contributed by atoms with Crippen LogP contribution < -0.4 is 10.6 Å². The molecule has 0 aliphatic rings. The number of benzene rings is 1. The van der Waals surface area contributed by atoms with Crippen molar-refractivity contribution in [3.05, 3.63) is 46.3 Å². The number of para-hydroxylation sites is 1. The van der Waals surface area contributed by atoms with Crippen LogP contribution in [0.1, 0.15) is 23.7 Å². The molecule has 0 atom stereocenters. The number of hydrogen-bond acceptors (Lipinski definition) is 5. The van der Waals surface area contributed by atoms with Gasteiger partial charge in [-0.3, -0.25) is 20.2 Å². The summed E-state index contributed by atoms with van der Waals surface area (Å²) in [6.45, 7) is 2.54. The van der Waals surface area contributed by atoms with E-state index in [9.17, 15) is 14.9 Å². The molecule has 0 saturated heterocycles. The molecule has 0 radical (unpaired) electrons. The molecule has 0 bridgehead atoms. The second kappa shape index (κ2) is 6.51. The number of hydrogen-bond donors (Lipinski definition) is 3. The largest absolute Gasteiger partial charge is 0.379 e. The van der Waals surface area contributed by atoms with Crippen molar-refractivity contribution in [1.29, 1.82) is 0 Å². The summed E-state index contributed by atoms with van der Waals surface area (Å²) in [6, 6.07) is 4.59. The highest BCUT2D eigenvalue weighted by Crippen LogP contribution is 2.29. The van der Waals surface area contributed by atoms with Gasteiger partial charge in [0.15, 0.2) is 0 Å². The van der Waals surface area contributed by atoms with E-state index in [4.69, 9.17) is 0 Å². The van der Waals surface area contributed by atoms with Crippen LogP contribution in [0.15, 0.2) is 30.6 Å². The lowest BCUT2D eigenvalue weighted by Gasteiger charge is -2.09. The number of aromatic nitrogens is 2. The highest BCUT2D eigenvalue weighted by Gasteiger charge is 2.24. The fourth-order valence-electron chi connectivity index (χ4n) is 1.83. The van der Waals surface area contributed by atoms with E-state index < -0.39 is 10.8 Å². The molecular weight excluding hydrogens is 274 g/mol. The molecule has 0 aliphatic heterocycles. The van der Waals surface area contributed by atoms with Crippen LogP contribution in [0.2, 0.25) is 0 Å². The Labute approximate surface area is 120 Å². The average Bonchev–Trinajstić information content (AvgIpc) is 2.97. The Balaban J connectivity index is 2.33. The van der Waals surface area contributed by atoms with E-state index in [0.717, 1.165) is 6.42 Å². The van der Waals surface area contributed by atoms with Gasteiger partial charge in [0.1, 0.15) is 11.3 Å². The fourth-order valence-corrected chi connectivity index (χ4v) is 1.83. The van der Waals surface area contributed by atoms with Gasteiger partial charge in [0.05, 0.1) is 4.92 Å². The number of amides is 1. The first-order chi connectivity index (χ1) is 10.1. The molecule has 0 spiro atoms. The first kappa shape index (κ1) is 14.5. The van der Waals surface area contributed by atoms with Crippen molar-refractivity contribution in [2.75, 3.05) is 17.2 Å². The molecule has 1 aromatic heterocycles. The Morgan fingerprint density at radius 1 is 1.48 bits per heavy atom. The van der Waals surface area contributed by atoms with Crippen LogP contribution >= 0.6 is 0 Å². The number of anilines is 2. The highest BCUT2D eigenvalue weighted by atomic mass is 16.6. The SMILES string of the molecule is CCCNc1cccc(C(=O)Nc2ncc[nH]2)c1[N+](=O)[O-]. The predicted molar refractivity (Wildman–Crippen MR) is 78.4 cm³/mol. The molecule has 1 heterocycles. The Morgan fingerprint density at radius 2 is 2.29 bits per heavy atom. The second-order valence-electron chi connectivity index (χ2n) is 4.28. The third-order valence-electron chi connectivity index (χ3n) is 2.76. The molecule has 0 fully saturated rings. The molecule has 110 valence electrons. The van der Waals surface area contributed by atoms with E-state index in [1.165, 1.54) is 12.3 Å². The number of carbonyl (C=O) groups excluding carboxylic acids is 1. The standard InChI is InChI=1S/C13H15N5O3/c1-2-6-14-10-5-3-4-9(11(10)18(20)21)12(19)17-13-15-7-8-16-13/h3-5,7-8,14H,2,6H2,1H3,(H2,15,16,17,19). The minimum Gasteiger partial charge on any atom is -0.379 e. The molecule has 0 aliphatic carbocycles. The minimum absolute atomic E-state index is 0.0162. The van der Waals surface area contributed by atoms with Gasteiger partial charge in [-0.25, -0.2) is 4.98 Å². The van der Waals surface area contributed by atoms with Crippen molar-refractivity contribution in [2.24, 2.45) is 0 Å². The summed E-state index contributed by atoms with van der Waals surface area (Å²) in [7, 11) is 0. The van der Waals surface area contributed by atoms with Gasteiger partial charge in [-0.15, -0.1) is 0 Å². The van der Waals surface area contributed by atoms with E-state index in [-0.39, 0.29) is 17.2 Å². The van der Waals surface area contributed by atoms with Gasteiger partial charge in [0.2, 0.25) is 5.95 Å². The van der Waals surface area contributed by atoms with Crippen LogP contribution in [0.5, 0.6) is 0 Å². The molecule has 1 aromatic carbocycles. The molecule has 2 aromatic rings. The van der Waals surface area contributed by atoms with Gasteiger partial charge in [-0.2, -0.15) is 0 Å². The van der Waals surface area contributed by atoms with Gasteiger partial charge in [0.25, 0.3) is 5.91 Å². The van der Waals surface area contributed by atoms with Crippen LogP contribution in [-0.4, -0.2) is 27.3 Å². The Kier molecular flexibility index (Phi) is 4.50. The zero-order valence-electron chi connectivity index (χ0n) is 11.4. The van der Waals surface area contributed by atoms with Gasteiger partial charge >= 0.3 is 5.69 Å². The summed E-state index contributed by atoms with van der Waals surface area (Å²) in [5.74, 6) is -0.349. The first-order valence-electron chi connectivity index (χ1n) is 6.45. The van der Waals surface area contributed by atoms with E-state index >= 15 is 0 Å². The quantitative estimate of drug-likeness (QED) is 0.558. The number of imidazole rings is 1. The molecule has 3 N–H and O–H groups in total. The normalized spacial score (nSPS) is 10.1. The van der Waals surface area contributed by atoms with E-state index in [1.807, 2.05) is 6.92 Å². The van der Waals surface area contributed by atoms with E-state index in [1.54, 1.807) is 18.3 Å². The molecule has 8 heteroatoms. The van der Waals surface area contributed by atoms with Crippen molar-refractivity contribution < 1.29 is 9.72 Å². The molecule has 2 rings (SSSR count). The molecule has 1 amide bonds. The lowest BCUT2D eigenvalue weighted by molar-refractivity contribution is -0.384. The number of aromatic amines is 1. The van der Waals surface area contributed by atoms with Gasteiger partial charge in [-0.05, 0) is 18.6 Å². The lowest BCUT2D eigenvalue weighted by atomic mass is 10.1. The predicted octanol–water partition coefficient (Wildman–Crippen LogP) is 2.39. The van der Waals surface area contributed by atoms with Gasteiger partial charge in [-0.1, -0.05) is 13.0 Å². The van der Waals surface area contributed by atoms with Crippen molar-refractivity contribution in [2.45, 2.75) is 13.3 Å². The van der Waals surface area contributed by atoms with Gasteiger partial charge < -0.3 is 10.3 Å². The summed E-state index contributed by atoms with van der Waals surface area (Å²) in [6.07, 6.45) is 3.84. The van der Waals surface area contributed by atoms with Crippen molar-refractivity contribution in [3.8, 4) is 0 Å². The third-order valence-corrected chi connectivity index (χ3v) is 2.76. The minimum atomic E-state index is -0.586. The summed E-state index contributed by atoms with van der Waals surface area (Å²) in [5.41, 5.74) is 0.0708. The zero-order valence-corrected chi connectivity index (χ0v) is 11.4. The number of rotatable bonds is 6. The van der Waals surface area contributed by atoms with Crippen LogP contribution in [0, 0.1) is 10.1 Å². The molecule has 0 saturated carbocycles. The average molecular weight is 289 g/mol. The topological polar surface area (TPSA) is 113 Å². The van der Waals surface area contributed by atoms with Crippen LogP contribution in [0.3, 0.4) is 0 Å². The van der Waals surface area contributed by atoms with Crippen LogP contribution in [0.4, 0.5) is 17.3 Å². The lowest BCUT2D eigenvalue weighted by Crippen LogP contribution is -2.16. The molecule has 21 heavy (non-hydrogen) atoms. The summed E-state index contributed by atoms with van der Waals surface area (Å²) in [4.78, 5) is 29.4. The zero-order chi connectivity index (χ0) is 15.2. The van der Waals surface area contributed by atoms with E-state index in [0.29, 0.717) is 12.2 Å². The Hall–Kier alpha value is -2.90. The first-order valence-corrected chi connectivity index (χ1v) is 6.45. The van der Waals surface area contributed by atoms with Crippen molar-refractivity contribution in [3.63, 3.8) is 0 Å². The molecule has 0 unspecified atom stereocenters. The van der Waals surface area contributed by atoms with Crippen molar-refractivity contribution in [1.82, 2.24) is 9.97 Å². The highest BCUT2D eigenvalue weighted by molar-refractivity contribution is 6.07. The summed E-state index contributed by atoms with van der Waals surface area (Å²) in [5, 5.41) is 16.7. The van der Waals surface area contributed by atoms with Crippen molar-refractivity contribution >= 4 is 23.2 Å². The number of nitrogens with one attached hydrogen (secondary N) is 3. The smallest absolute Gasteiger partial charge is 0.305 e. The molecular formula is C13H15N5O3. The number of carbonyl (C=O) groups is 1. The monoisotopic (exact) mass is 289 g/mol. The van der Waals surface area contributed by atoms with Crippen LogP contribution in [-0.2, 0) is 0 Å².